The number of rotatable bonds is 4. The zero-order chi connectivity index (χ0) is 9.80. The number of hydrogen-bond donors (Lipinski definition) is 1. The lowest BCUT2D eigenvalue weighted by Gasteiger charge is -1.96. The molecular weight excluding hydrogens is 216 g/mol. The van der Waals surface area contributed by atoms with Crippen LogP contribution in [0.4, 0.5) is 0 Å². The lowest BCUT2D eigenvalue weighted by molar-refractivity contribution is 0.727. The van der Waals surface area contributed by atoms with Gasteiger partial charge in [-0.05, 0) is 12.1 Å². The molecule has 1 aromatic carbocycles. The van der Waals surface area contributed by atoms with Crippen molar-refractivity contribution in [1.82, 2.24) is 10.3 Å². The molecule has 1 aromatic heterocycles. The first kappa shape index (κ1) is 9.90. The Labute approximate surface area is 91.9 Å². The molecule has 74 valence electrons. The Morgan fingerprint density at radius 2 is 2.21 bits per heavy atom. The molecule has 0 fully saturated rings. The third-order valence-electron chi connectivity index (χ3n) is 1.89. The predicted molar refractivity (Wildman–Crippen MR) is 62.0 cm³/mol. The van der Waals surface area contributed by atoms with Gasteiger partial charge < -0.3 is 5.32 Å². The van der Waals surface area contributed by atoms with Crippen LogP contribution in [0, 0.1) is 0 Å². The lowest BCUT2D eigenvalue weighted by Crippen LogP contribution is -2.15. The van der Waals surface area contributed by atoms with Crippen LogP contribution >= 0.6 is 22.9 Å². The maximum atomic E-state index is 5.57. The second-order valence-electron chi connectivity index (χ2n) is 2.94. The molecule has 0 bridgehead atoms. The highest BCUT2D eigenvalue weighted by atomic mass is 35.5. The number of fused-ring (bicyclic) bond motifs is 1. The lowest BCUT2D eigenvalue weighted by atomic mass is 10.3. The second-order valence-corrected chi connectivity index (χ2v) is 4.43. The number of alkyl halides is 1. The van der Waals surface area contributed by atoms with Crippen LogP contribution in [0.5, 0.6) is 0 Å². The molecule has 2 aromatic rings. The maximum absolute atomic E-state index is 5.57. The van der Waals surface area contributed by atoms with Gasteiger partial charge in [-0.2, -0.15) is 0 Å². The third kappa shape index (κ3) is 2.23. The Hall–Kier alpha value is -0.640. The summed E-state index contributed by atoms with van der Waals surface area (Å²) < 4.78 is 1.25. The highest BCUT2D eigenvalue weighted by molar-refractivity contribution is 7.18. The van der Waals surface area contributed by atoms with E-state index in [1.54, 1.807) is 11.3 Å². The van der Waals surface area contributed by atoms with Crippen molar-refractivity contribution >= 4 is 33.2 Å². The monoisotopic (exact) mass is 226 g/mol. The van der Waals surface area contributed by atoms with Crippen molar-refractivity contribution in [3.05, 3.63) is 29.3 Å². The van der Waals surface area contributed by atoms with Gasteiger partial charge in [0, 0.05) is 19.0 Å². The SMILES string of the molecule is ClCCNCc1nc2ccccc2s1. The van der Waals surface area contributed by atoms with Gasteiger partial charge in [-0.3, -0.25) is 0 Å². The molecule has 0 spiro atoms. The number of nitrogens with one attached hydrogen (secondary N) is 1. The van der Waals surface area contributed by atoms with Crippen LogP contribution < -0.4 is 5.32 Å². The summed E-state index contributed by atoms with van der Waals surface area (Å²) in [5.74, 6) is 0.644. The Bertz CT molecular complexity index is 380. The Balaban J connectivity index is 2.11. The van der Waals surface area contributed by atoms with E-state index in [0.717, 1.165) is 23.6 Å². The fraction of sp³-hybridized carbons (Fsp3) is 0.300. The summed E-state index contributed by atoms with van der Waals surface area (Å²) in [7, 11) is 0. The zero-order valence-electron chi connectivity index (χ0n) is 7.66. The van der Waals surface area contributed by atoms with Crippen LogP contribution in [0.1, 0.15) is 5.01 Å². The molecule has 0 aliphatic heterocycles. The van der Waals surface area contributed by atoms with Gasteiger partial charge in [-0.1, -0.05) is 12.1 Å². The molecular formula is C10H11ClN2S. The molecule has 0 atom stereocenters. The Kier molecular flexibility index (Phi) is 3.35. The molecule has 0 saturated carbocycles. The van der Waals surface area contributed by atoms with Gasteiger partial charge in [-0.15, -0.1) is 22.9 Å². The molecule has 1 heterocycles. The van der Waals surface area contributed by atoms with E-state index in [0.29, 0.717) is 5.88 Å². The average Bonchev–Trinajstić information content (AvgIpc) is 2.60. The van der Waals surface area contributed by atoms with E-state index in [2.05, 4.69) is 16.4 Å². The number of thiazole rings is 1. The van der Waals surface area contributed by atoms with Crippen LogP contribution in [0.2, 0.25) is 0 Å². The number of para-hydroxylation sites is 1. The van der Waals surface area contributed by atoms with Crippen LogP contribution in [-0.4, -0.2) is 17.4 Å². The van der Waals surface area contributed by atoms with E-state index in [1.165, 1.54) is 4.70 Å². The summed E-state index contributed by atoms with van der Waals surface area (Å²) in [5, 5.41) is 4.35. The van der Waals surface area contributed by atoms with Gasteiger partial charge in [0.2, 0.25) is 0 Å². The van der Waals surface area contributed by atoms with Crippen molar-refractivity contribution in [3.63, 3.8) is 0 Å². The van der Waals surface area contributed by atoms with E-state index in [9.17, 15) is 0 Å². The number of aromatic nitrogens is 1. The third-order valence-corrected chi connectivity index (χ3v) is 3.11. The van der Waals surface area contributed by atoms with E-state index < -0.39 is 0 Å². The number of nitrogens with zero attached hydrogens (tertiary/aromatic N) is 1. The molecule has 0 saturated heterocycles. The maximum Gasteiger partial charge on any atom is 0.108 e. The van der Waals surface area contributed by atoms with Crippen molar-refractivity contribution in [1.29, 1.82) is 0 Å². The van der Waals surface area contributed by atoms with Gasteiger partial charge in [0.25, 0.3) is 0 Å². The minimum absolute atomic E-state index is 0.644. The zero-order valence-corrected chi connectivity index (χ0v) is 9.24. The van der Waals surface area contributed by atoms with Gasteiger partial charge in [-0.25, -0.2) is 4.98 Å². The molecule has 0 radical (unpaired) electrons. The normalized spacial score (nSPS) is 10.9. The summed E-state index contributed by atoms with van der Waals surface area (Å²) in [6, 6.07) is 8.18. The predicted octanol–water partition coefficient (Wildman–Crippen LogP) is 2.62. The quantitative estimate of drug-likeness (QED) is 0.641. The van der Waals surface area contributed by atoms with Crippen LogP contribution in [0.3, 0.4) is 0 Å². The van der Waals surface area contributed by atoms with E-state index >= 15 is 0 Å². The van der Waals surface area contributed by atoms with Crippen molar-refractivity contribution in [2.24, 2.45) is 0 Å². The first-order chi connectivity index (χ1) is 6.90. The van der Waals surface area contributed by atoms with Gasteiger partial charge in [0.1, 0.15) is 5.01 Å². The standard InChI is InChI=1S/C10H11ClN2S/c11-5-6-12-7-10-13-8-3-1-2-4-9(8)14-10/h1-4,12H,5-7H2. The first-order valence-electron chi connectivity index (χ1n) is 4.51. The fourth-order valence-corrected chi connectivity index (χ4v) is 2.33. The van der Waals surface area contributed by atoms with Crippen LogP contribution in [0.25, 0.3) is 10.2 Å². The summed E-state index contributed by atoms with van der Waals surface area (Å²) in [6.45, 7) is 1.64. The van der Waals surface area contributed by atoms with E-state index in [-0.39, 0.29) is 0 Å². The number of halogens is 1. The molecule has 0 aliphatic rings. The van der Waals surface area contributed by atoms with E-state index in [4.69, 9.17) is 11.6 Å². The second kappa shape index (κ2) is 4.73. The Morgan fingerprint density at radius 3 is 3.00 bits per heavy atom. The Morgan fingerprint density at radius 1 is 1.36 bits per heavy atom. The van der Waals surface area contributed by atoms with Crippen molar-refractivity contribution in [2.75, 3.05) is 12.4 Å². The van der Waals surface area contributed by atoms with Crippen LogP contribution in [0.15, 0.2) is 24.3 Å². The first-order valence-corrected chi connectivity index (χ1v) is 5.86. The number of hydrogen-bond acceptors (Lipinski definition) is 3. The van der Waals surface area contributed by atoms with Gasteiger partial charge >= 0.3 is 0 Å². The molecule has 4 heteroatoms. The van der Waals surface area contributed by atoms with Crippen molar-refractivity contribution in [3.8, 4) is 0 Å². The summed E-state index contributed by atoms with van der Waals surface area (Å²) in [5.41, 5.74) is 1.08. The van der Waals surface area contributed by atoms with Crippen LogP contribution in [-0.2, 0) is 6.54 Å². The molecule has 2 nitrogen and oxygen atoms in total. The van der Waals surface area contributed by atoms with Gasteiger partial charge in [0.05, 0.1) is 10.2 Å². The smallest absolute Gasteiger partial charge is 0.108 e. The molecule has 0 amide bonds. The van der Waals surface area contributed by atoms with Gasteiger partial charge in [0.15, 0.2) is 0 Å². The largest absolute Gasteiger partial charge is 0.309 e. The molecule has 0 aliphatic carbocycles. The molecule has 14 heavy (non-hydrogen) atoms. The minimum Gasteiger partial charge on any atom is -0.309 e. The minimum atomic E-state index is 0.644. The molecule has 1 N–H and O–H groups in total. The molecule has 2 rings (SSSR count). The van der Waals surface area contributed by atoms with E-state index in [1.807, 2.05) is 18.2 Å². The summed E-state index contributed by atoms with van der Waals surface area (Å²) in [6.07, 6.45) is 0. The summed E-state index contributed by atoms with van der Waals surface area (Å²) in [4.78, 5) is 4.50. The topological polar surface area (TPSA) is 24.9 Å². The average molecular weight is 227 g/mol. The summed E-state index contributed by atoms with van der Waals surface area (Å²) >= 11 is 7.30. The molecule has 0 unspecified atom stereocenters. The highest BCUT2D eigenvalue weighted by Gasteiger charge is 2.01. The number of benzene rings is 1. The highest BCUT2D eigenvalue weighted by Crippen LogP contribution is 2.20. The fourth-order valence-electron chi connectivity index (χ4n) is 1.26. The van der Waals surface area contributed by atoms with Crippen molar-refractivity contribution < 1.29 is 0 Å². The van der Waals surface area contributed by atoms with Crippen molar-refractivity contribution in [2.45, 2.75) is 6.54 Å².